The van der Waals surface area contributed by atoms with Gasteiger partial charge in [0.15, 0.2) is 0 Å². The second-order valence-electron chi connectivity index (χ2n) is 5.60. The summed E-state index contributed by atoms with van der Waals surface area (Å²) in [6.07, 6.45) is 7.25. The van der Waals surface area contributed by atoms with Crippen molar-refractivity contribution in [3.05, 3.63) is 23.9 Å². The van der Waals surface area contributed by atoms with E-state index in [4.69, 9.17) is 4.74 Å². The van der Waals surface area contributed by atoms with Crippen LogP contribution in [0.5, 0.6) is 0 Å². The van der Waals surface area contributed by atoms with Gasteiger partial charge >= 0.3 is 0 Å². The first kappa shape index (κ1) is 12.9. The molecule has 3 rings (SSSR count). The Balaban J connectivity index is 1.58. The standard InChI is InChI=1S/C15H23N3O/c1-19-9-8-18(14-5-6-14)15-7-2-12(11-17-15)10-16-13-3-4-13/h2,7,11,13-14,16H,3-6,8-10H2,1H3. The number of hydrogen-bond acceptors (Lipinski definition) is 4. The highest BCUT2D eigenvalue weighted by atomic mass is 16.5. The van der Waals surface area contributed by atoms with E-state index in [1.54, 1.807) is 7.11 Å². The summed E-state index contributed by atoms with van der Waals surface area (Å²) in [5, 5.41) is 3.52. The van der Waals surface area contributed by atoms with Gasteiger partial charge in [-0.05, 0) is 37.3 Å². The number of hydrogen-bond donors (Lipinski definition) is 1. The Bertz CT molecular complexity index is 398. The van der Waals surface area contributed by atoms with Gasteiger partial charge in [0.05, 0.1) is 6.61 Å². The van der Waals surface area contributed by atoms with Gasteiger partial charge in [0.2, 0.25) is 0 Å². The third-order valence-electron chi connectivity index (χ3n) is 3.80. The predicted octanol–water partition coefficient (Wildman–Crippen LogP) is 1.95. The fourth-order valence-electron chi connectivity index (χ4n) is 2.30. The first-order valence-corrected chi connectivity index (χ1v) is 7.30. The molecule has 0 spiro atoms. The zero-order chi connectivity index (χ0) is 13.1. The second-order valence-corrected chi connectivity index (χ2v) is 5.60. The fraction of sp³-hybridized carbons (Fsp3) is 0.667. The van der Waals surface area contributed by atoms with Crippen molar-refractivity contribution in [2.45, 2.75) is 44.3 Å². The molecule has 1 heterocycles. The summed E-state index contributed by atoms with van der Waals surface area (Å²) in [6, 6.07) is 5.78. The minimum Gasteiger partial charge on any atom is -0.383 e. The Labute approximate surface area is 115 Å². The minimum atomic E-state index is 0.679. The van der Waals surface area contributed by atoms with Crippen molar-refractivity contribution in [2.24, 2.45) is 0 Å². The number of anilines is 1. The van der Waals surface area contributed by atoms with Crippen LogP contribution < -0.4 is 10.2 Å². The quantitative estimate of drug-likeness (QED) is 0.776. The van der Waals surface area contributed by atoms with Crippen LogP contribution in [-0.2, 0) is 11.3 Å². The number of ether oxygens (including phenoxy) is 1. The molecular weight excluding hydrogens is 238 g/mol. The van der Waals surface area contributed by atoms with Crippen LogP contribution in [0.1, 0.15) is 31.2 Å². The molecule has 1 aromatic rings. The van der Waals surface area contributed by atoms with Crippen LogP contribution in [0, 0.1) is 0 Å². The van der Waals surface area contributed by atoms with E-state index in [2.05, 4.69) is 27.3 Å². The molecule has 2 aliphatic rings. The lowest BCUT2D eigenvalue weighted by Gasteiger charge is -2.23. The van der Waals surface area contributed by atoms with Gasteiger partial charge in [0.25, 0.3) is 0 Å². The van der Waals surface area contributed by atoms with Crippen LogP contribution in [0.15, 0.2) is 18.3 Å². The van der Waals surface area contributed by atoms with Crippen LogP contribution in [-0.4, -0.2) is 37.3 Å². The Morgan fingerprint density at radius 2 is 2.16 bits per heavy atom. The van der Waals surface area contributed by atoms with Crippen LogP contribution >= 0.6 is 0 Å². The Morgan fingerprint density at radius 1 is 1.32 bits per heavy atom. The fourth-order valence-corrected chi connectivity index (χ4v) is 2.30. The third-order valence-corrected chi connectivity index (χ3v) is 3.80. The average Bonchev–Trinajstić information content (AvgIpc) is 3.31. The summed E-state index contributed by atoms with van der Waals surface area (Å²) in [6.45, 7) is 2.65. The lowest BCUT2D eigenvalue weighted by atomic mass is 10.2. The van der Waals surface area contributed by atoms with Gasteiger partial charge in [-0.15, -0.1) is 0 Å². The molecule has 4 heteroatoms. The number of methoxy groups -OCH3 is 1. The highest BCUT2D eigenvalue weighted by Gasteiger charge is 2.29. The lowest BCUT2D eigenvalue weighted by molar-refractivity contribution is 0.204. The molecule has 4 nitrogen and oxygen atoms in total. The summed E-state index contributed by atoms with van der Waals surface area (Å²) in [5.41, 5.74) is 1.28. The maximum Gasteiger partial charge on any atom is 0.128 e. The van der Waals surface area contributed by atoms with Crippen LogP contribution in [0.3, 0.4) is 0 Å². The van der Waals surface area contributed by atoms with Crippen LogP contribution in [0.2, 0.25) is 0 Å². The van der Waals surface area contributed by atoms with Gasteiger partial charge in [0.1, 0.15) is 5.82 Å². The second kappa shape index (κ2) is 5.88. The van der Waals surface area contributed by atoms with E-state index < -0.39 is 0 Å². The van der Waals surface area contributed by atoms with Gasteiger partial charge in [-0.2, -0.15) is 0 Å². The molecule has 2 saturated carbocycles. The van der Waals surface area contributed by atoms with E-state index in [9.17, 15) is 0 Å². The van der Waals surface area contributed by atoms with Crippen LogP contribution in [0.4, 0.5) is 5.82 Å². The minimum absolute atomic E-state index is 0.679. The molecule has 0 saturated heterocycles. The molecular formula is C15H23N3O. The summed E-state index contributed by atoms with van der Waals surface area (Å²) in [7, 11) is 1.76. The van der Waals surface area contributed by atoms with E-state index in [-0.39, 0.29) is 0 Å². The molecule has 104 valence electrons. The molecule has 0 aromatic carbocycles. The smallest absolute Gasteiger partial charge is 0.128 e. The summed E-state index contributed by atoms with van der Waals surface area (Å²) in [4.78, 5) is 7.00. The third kappa shape index (κ3) is 3.67. The number of nitrogens with zero attached hydrogens (tertiary/aromatic N) is 2. The molecule has 0 unspecified atom stereocenters. The Morgan fingerprint density at radius 3 is 2.74 bits per heavy atom. The van der Waals surface area contributed by atoms with Crippen molar-refractivity contribution in [1.82, 2.24) is 10.3 Å². The number of rotatable bonds is 8. The average molecular weight is 261 g/mol. The zero-order valence-corrected chi connectivity index (χ0v) is 11.6. The highest BCUT2D eigenvalue weighted by molar-refractivity contribution is 5.42. The van der Waals surface area contributed by atoms with E-state index >= 15 is 0 Å². The van der Waals surface area contributed by atoms with Crippen molar-refractivity contribution in [2.75, 3.05) is 25.2 Å². The van der Waals surface area contributed by atoms with Crippen molar-refractivity contribution in [1.29, 1.82) is 0 Å². The van der Waals surface area contributed by atoms with E-state index in [1.165, 1.54) is 31.2 Å². The van der Waals surface area contributed by atoms with Crippen molar-refractivity contribution in [3.63, 3.8) is 0 Å². The SMILES string of the molecule is COCCN(c1ccc(CNC2CC2)cn1)C1CC1. The number of pyridine rings is 1. The molecule has 0 radical (unpaired) electrons. The van der Waals surface area contributed by atoms with Gasteiger partial charge in [-0.25, -0.2) is 4.98 Å². The summed E-state index contributed by atoms with van der Waals surface area (Å²) >= 11 is 0. The van der Waals surface area contributed by atoms with Gasteiger partial charge < -0.3 is 15.0 Å². The van der Waals surface area contributed by atoms with Gasteiger partial charge in [-0.3, -0.25) is 0 Å². The van der Waals surface area contributed by atoms with E-state index in [0.717, 1.165) is 31.6 Å². The molecule has 1 aromatic heterocycles. The highest BCUT2D eigenvalue weighted by Crippen LogP contribution is 2.30. The molecule has 0 atom stereocenters. The molecule has 2 fully saturated rings. The first-order valence-electron chi connectivity index (χ1n) is 7.30. The predicted molar refractivity (Wildman–Crippen MR) is 76.3 cm³/mol. The topological polar surface area (TPSA) is 37.4 Å². The Hall–Kier alpha value is -1.13. The molecule has 19 heavy (non-hydrogen) atoms. The molecule has 2 aliphatic carbocycles. The molecule has 0 amide bonds. The largest absolute Gasteiger partial charge is 0.383 e. The summed E-state index contributed by atoms with van der Waals surface area (Å²) in [5.74, 6) is 1.09. The van der Waals surface area contributed by atoms with E-state index in [1.807, 2.05) is 6.20 Å². The van der Waals surface area contributed by atoms with Crippen molar-refractivity contribution in [3.8, 4) is 0 Å². The number of aromatic nitrogens is 1. The van der Waals surface area contributed by atoms with Gasteiger partial charge in [-0.1, -0.05) is 6.07 Å². The zero-order valence-electron chi connectivity index (χ0n) is 11.6. The Kier molecular flexibility index (Phi) is 3.99. The monoisotopic (exact) mass is 261 g/mol. The molecule has 0 bridgehead atoms. The van der Waals surface area contributed by atoms with Crippen molar-refractivity contribution >= 4 is 5.82 Å². The van der Waals surface area contributed by atoms with Crippen molar-refractivity contribution < 1.29 is 4.74 Å². The van der Waals surface area contributed by atoms with Crippen LogP contribution in [0.25, 0.3) is 0 Å². The molecule has 1 N–H and O–H groups in total. The number of nitrogens with one attached hydrogen (secondary N) is 1. The summed E-state index contributed by atoms with van der Waals surface area (Å²) < 4.78 is 5.19. The maximum absolute atomic E-state index is 5.19. The molecule has 0 aliphatic heterocycles. The van der Waals surface area contributed by atoms with E-state index in [0.29, 0.717) is 6.04 Å². The normalized spacial score (nSPS) is 18.6. The maximum atomic E-state index is 5.19. The lowest BCUT2D eigenvalue weighted by Crippen LogP contribution is -2.30. The first-order chi connectivity index (χ1) is 9.36. The van der Waals surface area contributed by atoms with Gasteiger partial charge in [0, 0.05) is 38.5 Å².